The molecule has 1 unspecified atom stereocenters. The molecule has 0 bridgehead atoms. The van der Waals surface area contributed by atoms with Crippen LogP contribution in [0.25, 0.3) is 22.4 Å². The summed E-state index contributed by atoms with van der Waals surface area (Å²) in [6, 6.07) is 9.07. The van der Waals surface area contributed by atoms with Gasteiger partial charge in [0.15, 0.2) is 0 Å². The van der Waals surface area contributed by atoms with E-state index in [9.17, 15) is 4.39 Å². The van der Waals surface area contributed by atoms with Crippen LogP contribution in [0.5, 0.6) is 5.75 Å². The highest BCUT2D eigenvalue weighted by Gasteiger charge is 2.26. The number of hydrogen-bond donors (Lipinski definition) is 1. The highest BCUT2D eigenvalue weighted by atomic mass is 35.5. The van der Waals surface area contributed by atoms with E-state index in [1.165, 1.54) is 13.2 Å². The summed E-state index contributed by atoms with van der Waals surface area (Å²) >= 11 is 0. The molecular formula is C19H20ClFN4O. The molecule has 3 heterocycles. The monoisotopic (exact) mass is 374 g/mol. The van der Waals surface area contributed by atoms with Crippen LogP contribution in [-0.2, 0) is 13.1 Å². The van der Waals surface area contributed by atoms with Crippen molar-refractivity contribution in [2.24, 2.45) is 0 Å². The first kappa shape index (κ1) is 18.4. The number of methoxy groups -OCH3 is 1. The van der Waals surface area contributed by atoms with Crippen LogP contribution in [0.4, 0.5) is 4.39 Å². The topological polar surface area (TPSA) is 52.0 Å². The first-order valence-corrected chi connectivity index (χ1v) is 8.24. The molecule has 0 spiro atoms. The molecule has 1 aromatic carbocycles. The van der Waals surface area contributed by atoms with Gasteiger partial charge in [0.25, 0.3) is 0 Å². The molecule has 3 aromatic rings. The summed E-state index contributed by atoms with van der Waals surface area (Å²) < 4.78 is 21.8. The molecule has 0 fully saturated rings. The van der Waals surface area contributed by atoms with E-state index in [0.717, 1.165) is 23.4 Å². The molecule has 1 aliphatic rings. The van der Waals surface area contributed by atoms with E-state index in [4.69, 9.17) is 9.84 Å². The van der Waals surface area contributed by atoms with Crippen LogP contribution in [0.15, 0.2) is 42.7 Å². The number of benzene rings is 1. The van der Waals surface area contributed by atoms with Gasteiger partial charge < -0.3 is 22.5 Å². The maximum Gasteiger partial charge on any atom is 1.00 e. The van der Waals surface area contributed by atoms with Crippen molar-refractivity contribution in [1.82, 2.24) is 20.1 Å². The van der Waals surface area contributed by atoms with Crippen molar-refractivity contribution in [3.8, 4) is 28.1 Å². The minimum absolute atomic E-state index is 0. The summed E-state index contributed by atoms with van der Waals surface area (Å²) in [5.41, 5.74) is 4.12. The third-order valence-corrected chi connectivity index (χ3v) is 4.52. The van der Waals surface area contributed by atoms with E-state index in [0.29, 0.717) is 29.6 Å². The third-order valence-electron chi connectivity index (χ3n) is 4.52. The normalized spacial score (nSPS) is 15.9. The molecule has 5 nitrogen and oxygen atoms in total. The number of nitrogens with zero attached hydrogens (tertiary/aromatic N) is 3. The fourth-order valence-corrected chi connectivity index (χ4v) is 3.25. The Bertz CT molecular complexity index is 920. The average Bonchev–Trinajstić information content (AvgIpc) is 3.00. The molecule has 136 valence electrons. The summed E-state index contributed by atoms with van der Waals surface area (Å²) in [5, 5.41) is 8.20. The number of hydrogen-bond acceptors (Lipinski definition) is 4. The van der Waals surface area contributed by atoms with Crippen LogP contribution in [-0.4, -0.2) is 27.9 Å². The second-order valence-corrected chi connectivity index (χ2v) is 6.22. The summed E-state index contributed by atoms with van der Waals surface area (Å²) in [7, 11) is 1.53. The maximum absolute atomic E-state index is 14.7. The predicted octanol–water partition coefficient (Wildman–Crippen LogP) is 0.368. The lowest BCUT2D eigenvalue weighted by molar-refractivity contribution is -0.00000622. The number of ether oxygens (including phenoxy) is 1. The standard InChI is InChI=1S/C19H19FN4O.ClH/c1-12-11-24-17(10-22-12)18(13-5-7-21-8-6-13)19(23-24)15-4-3-14(25-2)9-16(15)20;/h3-9,12,22H,10-11H2,1-2H3;1H. The third kappa shape index (κ3) is 3.18. The fraction of sp³-hybridized carbons (Fsp3) is 0.263. The molecule has 1 aliphatic heterocycles. The van der Waals surface area contributed by atoms with E-state index in [2.05, 4.69) is 17.2 Å². The van der Waals surface area contributed by atoms with Crippen LogP contribution in [0.1, 0.15) is 14.0 Å². The summed E-state index contributed by atoms with van der Waals surface area (Å²) in [4.78, 5) is 4.09. The van der Waals surface area contributed by atoms with E-state index in [1.807, 2.05) is 16.8 Å². The molecule has 1 N–H and O–H groups in total. The fourth-order valence-electron chi connectivity index (χ4n) is 3.25. The van der Waals surface area contributed by atoms with Gasteiger partial charge >= 0.3 is 1.43 Å². The van der Waals surface area contributed by atoms with Crippen molar-refractivity contribution in [1.29, 1.82) is 0 Å². The Morgan fingerprint density at radius 3 is 2.73 bits per heavy atom. The van der Waals surface area contributed by atoms with Gasteiger partial charge in [-0.25, -0.2) is 4.39 Å². The van der Waals surface area contributed by atoms with Gasteiger partial charge in [-0.1, -0.05) is 0 Å². The maximum atomic E-state index is 14.7. The van der Waals surface area contributed by atoms with Crippen LogP contribution in [0.3, 0.4) is 0 Å². The molecule has 7 heteroatoms. The van der Waals surface area contributed by atoms with Crippen molar-refractivity contribution >= 4 is 0 Å². The number of fused-ring (bicyclic) bond motifs is 1. The lowest BCUT2D eigenvalue weighted by Gasteiger charge is -2.22. The first-order chi connectivity index (χ1) is 12.2. The van der Waals surface area contributed by atoms with E-state index >= 15 is 0 Å². The van der Waals surface area contributed by atoms with Crippen molar-refractivity contribution in [3.63, 3.8) is 0 Å². The lowest BCUT2D eigenvalue weighted by Crippen LogP contribution is -3.00. The van der Waals surface area contributed by atoms with Crippen molar-refractivity contribution in [2.45, 2.75) is 26.1 Å². The van der Waals surface area contributed by atoms with E-state index in [-0.39, 0.29) is 19.7 Å². The van der Waals surface area contributed by atoms with E-state index < -0.39 is 0 Å². The van der Waals surface area contributed by atoms with Gasteiger partial charge in [0.2, 0.25) is 0 Å². The number of pyridine rings is 1. The highest BCUT2D eigenvalue weighted by molar-refractivity contribution is 5.83. The van der Waals surface area contributed by atoms with Crippen molar-refractivity contribution < 1.29 is 23.0 Å². The van der Waals surface area contributed by atoms with Gasteiger partial charge in [-0.15, -0.1) is 0 Å². The quantitative estimate of drug-likeness (QED) is 0.719. The van der Waals surface area contributed by atoms with Gasteiger partial charge in [0, 0.05) is 42.2 Å². The minimum atomic E-state index is -0.342. The number of nitrogens with one attached hydrogen (secondary N) is 1. The van der Waals surface area contributed by atoms with Gasteiger partial charge in [-0.3, -0.25) is 9.67 Å². The molecule has 0 saturated heterocycles. The Labute approximate surface area is 159 Å². The van der Waals surface area contributed by atoms with Crippen LogP contribution in [0, 0.1) is 5.82 Å². The minimum Gasteiger partial charge on any atom is -1.00 e. The Hall–Kier alpha value is -2.44. The Kier molecular flexibility index (Phi) is 5.25. The molecular weight excluding hydrogens is 355 g/mol. The van der Waals surface area contributed by atoms with Gasteiger partial charge in [-0.05, 0) is 36.8 Å². The average molecular weight is 375 g/mol. The first-order valence-electron chi connectivity index (χ1n) is 8.24. The van der Waals surface area contributed by atoms with Crippen LogP contribution in [0.2, 0.25) is 0 Å². The summed E-state index contributed by atoms with van der Waals surface area (Å²) in [6.07, 6.45) is 3.48. The second-order valence-electron chi connectivity index (χ2n) is 6.22. The smallest absolute Gasteiger partial charge is 1.00 e. The number of rotatable bonds is 3. The lowest BCUT2D eigenvalue weighted by atomic mass is 9.98. The SMILES string of the molecule is COc1ccc(-c2nn3c(c2-c2ccncc2)CNC(C)C3)c(F)c1.[Cl-].[H+]. The molecule has 2 aromatic heterocycles. The van der Waals surface area contributed by atoms with Crippen molar-refractivity contribution in [2.75, 3.05) is 7.11 Å². The molecule has 0 aliphatic carbocycles. The largest absolute Gasteiger partial charge is 1.00 e. The number of aromatic nitrogens is 3. The molecule has 4 rings (SSSR count). The Morgan fingerprint density at radius 2 is 2.04 bits per heavy atom. The molecule has 0 amide bonds. The zero-order valence-corrected chi connectivity index (χ0v) is 15.3. The Balaban J connectivity index is 0.00000131. The Morgan fingerprint density at radius 1 is 1.27 bits per heavy atom. The summed E-state index contributed by atoms with van der Waals surface area (Å²) in [5.74, 6) is 0.150. The van der Waals surface area contributed by atoms with Gasteiger partial charge in [0.05, 0.1) is 19.3 Å². The summed E-state index contributed by atoms with van der Waals surface area (Å²) in [6.45, 7) is 3.57. The molecule has 26 heavy (non-hydrogen) atoms. The molecule has 0 radical (unpaired) electrons. The predicted molar refractivity (Wildman–Crippen MR) is 94.8 cm³/mol. The highest BCUT2D eigenvalue weighted by Crippen LogP contribution is 2.37. The van der Waals surface area contributed by atoms with Gasteiger partial charge in [0.1, 0.15) is 17.3 Å². The zero-order chi connectivity index (χ0) is 17.4. The van der Waals surface area contributed by atoms with Gasteiger partial charge in [-0.2, -0.15) is 5.10 Å². The van der Waals surface area contributed by atoms with Crippen LogP contribution < -0.4 is 22.5 Å². The molecule has 1 atom stereocenters. The van der Waals surface area contributed by atoms with E-state index in [1.54, 1.807) is 24.5 Å². The second kappa shape index (κ2) is 7.43. The zero-order valence-electron chi connectivity index (χ0n) is 15.5. The van der Waals surface area contributed by atoms with Crippen molar-refractivity contribution in [3.05, 3.63) is 54.2 Å². The number of halogens is 2. The van der Waals surface area contributed by atoms with Crippen LogP contribution >= 0.6 is 0 Å². The molecule has 0 saturated carbocycles.